The van der Waals surface area contributed by atoms with Crippen LogP contribution in [0.2, 0.25) is 0 Å². The molecule has 0 spiro atoms. The fourth-order valence-corrected chi connectivity index (χ4v) is 1.54. The molecule has 0 saturated carbocycles. The summed E-state index contributed by atoms with van der Waals surface area (Å²) in [5.41, 5.74) is 5.75. The van der Waals surface area contributed by atoms with Crippen molar-refractivity contribution in [2.24, 2.45) is 11.7 Å². The zero-order chi connectivity index (χ0) is 9.84. The van der Waals surface area contributed by atoms with E-state index >= 15 is 0 Å². The average molecular weight is 188 g/mol. The van der Waals surface area contributed by atoms with Gasteiger partial charge in [-0.25, -0.2) is 4.79 Å². The minimum atomic E-state index is -0.342. The Hall–Kier alpha value is -0.810. The summed E-state index contributed by atoms with van der Waals surface area (Å²) >= 11 is 0. The molecule has 2 unspecified atom stereocenters. The average Bonchev–Trinajstić information content (AvgIpc) is 2.17. The Morgan fingerprint density at radius 3 is 3.00 bits per heavy atom. The molecule has 0 bridgehead atoms. The molecule has 5 nitrogen and oxygen atoms in total. The third-order valence-corrected chi connectivity index (χ3v) is 2.46. The van der Waals surface area contributed by atoms with Gasteiger partial charge in [0, 0.05) is 31.7 Å². The zero-order valence-electron chi connectivity index (χ0n) is 7.77. The number of aliphatic hydroxyl groups is 1. The van der Waals surface area contributed by atoms with Crippen molar-refractivity contribution in [1.29, 1.82) is 0 Å². The lowest BCUT2D eigenvalue weighted by Crippen LogP contribution is -2.50. The second-order valence-corrected chi connectivity index (χ2v) is 3.31. The third kappa shape index (κ3) is 2.32. The molecule has 1 saturated heterocycles. The van der Waals surface area contributed by atoms with Crippen LogP contribution in [0.5, 0.6) is 0 Å². The summed E-state index contributed by atoms with van der Waals surface area (Å²) in [4.78, 5) is 12.7. The Balaban J connectivity index is 2.49. The van der Waals surface area contributed by atoms with Gasteiger partial charge >= 0.3 is 6.09 Å². The molecule has 76 valence electrons. The molecule has 13 heavy (non-hydrogen) atoms. The molecular weight excluding hydrogens is 172 g/mol. The highest BCUT2D eigenvalue weighted by atomic mass is 16.5. The maximum Gasteiger partial charge on any atom is 0.409 e. The normalized spacial score (nSPS) is 28.7. The molecule has 1 amide bonds. The van der Waals surface area contributed by atoms with Crippen LogP contribution in [0.3, 0.4) is 0 Å². The van der Waals surface area contributed by atoms with Gasteiger partial charge in [0.15, 0.2) is 0 Å². The van der Waals surface area contributed by atoms with Crippen molar-refractivity contribution in [3.63, 3.8) is 0 Å². The van der Waals surface area contributed by atoms with Gasteiger partial charge in [0.25, 0.3) is 0 Å². The van der Waals surface area contributed by atoms with Gasteiger partial charge in [0.05, 0.1) is 7.11 Å². The number of nitrogens with two attached hydrogens (primary N) is 1. The van der Waals surface area contributed by atoms with E-state index in [1.165, 1.54) is 7.11 Å². The van der Waals surface area contributed by atoms with Gasteiger partial charge in [-0.3, -0.25) is 0 Å². The minimum absolute atomic E-state index is 0.00842. The van der Waals surface area contributed by atoms with Crippen molar-refractivity contribution in [2.75, 3.05) is 26.8 Å². The van der Waals surface area contributed by atoms with Crippen molar-refractivity contribution in [3.8, 4) is 0 Å². The van der Waals surface area contributed by atoms with E-state index in [-0.39, 0.29) is 24.7 Å². The molecule has 1 rings (SSSR count). The lowest BCUT2D eigenvalue weighted by molar-refractivity contribution is 0.0785. The molecular formula is C8H16N2O3. The van der Waals surface area contributed by atoms with Crippen molar-refractivity contribution in [3.05, 3.63) is 0 Å². The summed E-state index contributed by atoms with van der Waals surface area (Å²) in [6.45, 7) is 1.13. The molecule has 0 aliphatic carbocycles. The molecule has 0 aromatic carbocycles. The lowest BCUT2D eigenvalue weighted by Gasteiger charge is -2.34. The van der Waals surface area contributed by atoms with Crippen molar-refractivity contribution < 1.29 is 14.6 Å². The van der Waals surface area contributed by atoms with Crippen LogP contribution in [0, 0.1) is 5.92 Å². The molecule has 0 radical (unpaired) electrons. The summed E-state index contributed by atoms with van der Waals surface area (Å²) in [5.74, 6) is -0.0205. The van der Waals surface area contributed by atoms with E-state index in [9.17, 15) is 4.79 Å². The van der Waals surface area contributed by atoms with Gasteiger partial charge in [-0.1, -0.05) is 0 Å². The summed E-state index contributed by atoms with van der Waals surface area (Å²) in [6.07, 6.45) is 0.380. The lowest BCUT2D eigenvalue weighted by atomic mass is 9.94. The summed E-state index contributed by atoms with van der Waals surface area (Å²) in [6, 6.07) is -0.00842. The van der Waals surface area contributed by atoms with Gasteiger partial charge in [-0.05, 0) is 6.42 Å². The number of ether oxygens (including phenoxy) is 1. The number of rotatable bonds is 1. The van der Waals surface area contributed by atoms with Crippen LogP contribution in [0.25, 0.3) is 0 Å². The first-order valence-electron chi connectivity index (χ1n) is 4.38. The van der Waals surface area contributed by atoms with E-state index in [2.05, 4.69) is 4.74 Å². The van der Waals surface area contributed by atoms with Crippen molar-refractivity contribution in [1.82, 2.24) is 4.90 Å². The van der Waals surface area contributed by atoms with Gasteiger partial charge < -0.3 is 20.5 Å². The maximum absolute atomic E-state index is 11.1. The molecule has 1 fully saturated rings. The van der Waals surface area contributed by atoms with Crippen LogP contribution in [0.4, 0.5) is 4.79 Å². The highest BCUT2D eigenvalue weighted by Gasteiger charge is 2.28. The van der Waals surface area contributed by atoms with Crippen LogP contribution in [-0.2, 0) is 4.74 Å². The number of hydrogen-bond donors (Lipinski definition) is 2. The monoisotopic (exact) mass is 188 g/mol. The first kappa shape index (κ1) is 10.3. The predicted molar refractivity (Wildman–Crippen MR) is 47.1 cm³/mol. The number of piperidine rings is 1. The van der Waals surface area contributed by atoms with Gasteiger partial charge in [-0.15, -0.1) is 0 Å². The molecule has 0 aromatic heterocycles. The van der Waals surface area contributed by atoms with Crippen molar-refractivity contribution in [2.45, 2.75) is 12.5 Å². The number of carbonyl (C=O) groups is 1. The van der Waals surface area contributed by atoms with Crippen LogP contribution in [0.1, 0.15) is 6.42 Å². The van der Waals surface area contributed by atoms with Gasteiger partial charge in [0.1, 0.15) is 0 Å². The van der Waals surface area contributed by atoms with Gasteiger partial charge in [0.2, 0.25) is 0 Å². The third-order valence-electron chi connectivity index (χ3n) is 2.46. The Labute approximate surface area is 77.5 Å². The van der Waals surface area contributed by atoms with Crippen LogP contribution < -0.4 is 5.73 Å². The zero-order valence-corrected chi connectivity index (χ0v) is 7.77. The number of aliphatic hydroxyl groups excluding tert-OH is 1. The number of amides is 1. The predicted octanol–water partition coefficient (Wildman–Crippen LogP) is -0.606. The maximum atomic E-state index is 11.1. The Morgan fingerprint density at radius 2 is 2.46 bits per heavy atom. The minimum Gasteiger partial charge on any atom is -0.453 e. The standard InChI is InChI=1S/C8H16N2O3/c1-13-8(12)10-3-2-7(9)6(4-10)5-11/h6-7,11H,2-5,9H2,1H3. The first-order valence-corrected chi connectivity index (χ1v) is 4.38. The highest BCUT2D eigenvalue weighted by Crippen LogP contribution is 2.15. The first-order chi connectivity index (χ1) is 6.19. The quantitative estimate of drug-likeness (QED) is 0.576. The topological polar surface area (TPSA) is 75.8 Å². The highest BCUT2D eigenvalue weighted by molar-refractivity contribution is 5.67. The fourth-order valence-electron chi connectivity index (χ4n) is 1.54. The molecule has 2 atom stereocenters. The van der Waals surface area contributed by atoms with E-state index in [0.29, 0.717) is 13.1 Å². The van der Waals surface area contributed by atoms with E-state index in [1.54, 1.807) is 4.90 Å². The van der Waals surface area contributed by atoms with Crippen molar-refractivity contribution >= 4 is 6.09 Å². The van der Waals surface area contributed by atoms with Crippen LogP contribution >= 0.6 is 0 Å². The molecule has 5 heteroatoms. The Bertz CT molecular complexity index is 186. The second-order valence-electron chi connectivity index (χ2n) is 3.31. The molecule has 1 heterocycles. The van der Waals surface area contributed by atoms with E-state index in [1.807, 2.05) is 0 Å². The van der Waals surface area contributed by atoms with E-state index in [0.717, 1.165) is 6.42 Å². The summed E-state index contributed by atoms with van der Waals surface area (Å²) in [7, 11) is 1.35. The van der Waals surface area contributed by atoms with E-state index in [4.69, 9.17) is 10.8 Å². The Kier molecular flexibility index (Phi) is 3.50. The summed E-state index contributed by atoms with van der Waals surface area (Å²) in [5, 5.41) is 8.97. The van der Waals surface area contributed by atoms with Crippen LogP contribution in [-0.4, -0.2) is 48.9 Å². The molecule has 1 aliphatic heterocycles. The fraction of sp³-hybridized carbons (Fsp3) is 0.875. The smallest absolute Gasteiger partial charge is 0.409 e. The number of methoxy groups -OCH3 is 1. The number of carbonyl (C=O) groups excluding carboxylic acids is 1. The molecule has 0 aromatic rings. The Morgan fingerprint density at radius 1 is 1.77 bits per heavy atom. The van der Waals surface area contributed by atoms with Gasteiger partial charge in [-0.2, -0.15) is 0 Å². The van der Waals surface area contributed by atoms with E-state index < -0.39 is 0 Å². The molecule has 1 aliphatic rings. The summed E-state index contributed by atoms with van der Waals surface area (Å²) < 4.78 is 4.58. The molecule has 3 N–H and O–H groups in total. The van der Waals surface area contributed by atoms with Crippen LogP contribution in [0.15, 0.2) is 0 Å². The second kappa shape index (κ2) is 4.43. The number of likely N-dealkylation sites (tertiary alicyclic amines) is 1. The SMILES string of the molecule is COC(=O)N1CCC(N)C(CO)C1. The number of nitrogens with zero attached hydrogens (tertiary/aromatic N) is 1. The largest absolute Gasteiger partial charge is 0.453 e. The number of hydrogen-bond acceptors (Lipinski definition) is 4.